The first-order valence-corrected chi connectivity index (χ1v) is 4.37. The molecule has 11 heavy (non-hydrogen) atoms. The topological polar surface area (TPSA) is 55.1 Å². The van der Waals surface area contributed by atoms with Gasteiger partial charge in [0, 0.05) is 12.3 Å². The van der Waals surface area contributed by atoms with Crippen molar-refractivity contribution in [2.75, 3.05) is 12.3 Å². The molecule has 0 spiro atoms. The Morgan fingerprint density at radius 2 is 2.18 bits per heavy atom. The number of nitrogens with one attached hydrogen (secondary N) is 1. The second-order valence-corrected chi connectivity index (χ2v) is 3.23. The third-order valence-electron chi connectivity index (χ3n) is 1.43. The fourth-order valence-corrected chi connectivity index (χ4v) is 0.712. The molecule has 0 saturated heterocycles. The Kier molecular flexibility index (Phi) is 5.32. The molecule has 1 atom stereocenters. The van der Waals surface area contributed by atoms with E-state index >= 15 is 0 Å². The summed E-state index contributed by atoms with van der Waals surface area (Å²) in [4.78, 5) is 11.1. The first-order chi connectivity index (χ1) is 5.09. The Morgan fingerprint density at radius 1 is 1.64 bits per heavy atom. The second-order valence-electron chi connectivity index (χ2n) is 2.78. The van der Waals surface area contributed by atoms with Crippen LogP contribution in [0.5, 0.6) is 0 Å². The van der Waals surface area contributed by atoms with Gasteiger partial charge in [0.15, 0.2) is 0 Å². The third-order valence-corrected chi connectivity index (χ3v) is 1.66. The van der Waals surface area contributed by atoms with Crippen LogP contribution in [0, 0.1) is 5.92 Å². The minimum Gasteiger partial charge on any atom is -0.354 e. The summed E-state index contributed by atoms with van der Waals surface area (Å²) in [6, 6.07) is -0.394. The Hall–Kier alpha value is -0.220. The molecule has 0 heterocycles. The minimum absolute atomic E-state index is 0.0888. The van der Waals surface area contributed by atoms with Gasteiger partial charge < -0.3 is 11.1 Å². The lowest BCUT2D eigenvalue weighted by Crippen LogP contribution is -2.44. The van der Waals surface area contributed by atoms with Gasteiger partial charge in [0.25, 0.3) is 0 Å². The number of nitrogens with two attached hydrogens (primary N) is 1. The number of carbonyl (C=O) groups excluding carboxylic acids is 1. The van der Waals surface area contributed by atoms with Gasteiger partial charge in [0.05, 0.1) is 6.04 Å². The summed E-state index contributed by atoms with van der Waals surface area (Å²) in [5.74, 6) is 0.750. The second kappa shape index (κ2) is 5.43. The summed E-state index contributed by atoms with van der Waals surface area (Å²) in [6.07, 6.45) is 0. The number of hydrogen-bond donors (Lipinski definition) is 3. The van der Waals surface area contributed by atoms with E-state index in [9.17, 15) is 4.79 Å². The van der Waals surface area contributed by atoms with Gasteiger partial charge in [-0.2, -0.15) is 12.6 Å². The molecule has 0 aromatic heterocycles. The van der Waals surface area contributed by atoms with E-state index < -0.39 is 6.04 Å². The van der Waals surface area contributed by atoms with E-state index in [0.717, 1.165) is 0 Å². The van der Waals surface area contributed by atoms with Crippen molar-refractivity contribution in [3.63, 3.8) is 0 Å². The van der Waals surface area contributed by atoms with E-state index in [2.05, 4.69) is 17.9 Å². The molecule has 0 saturated carbocycles. The average molecular weight is 176 g/mol. The van der Waals surface area contributed by atoms with E-state index in [0.29, 0.717) is 12.3 Å². The van der Waals surface area contributed by atoms with Crippen LogP contribution in [0.1, 0.15) is 13.8 Å². The molecular weight excluding hydrogens is 160 g/mol. The first kappa shape index (κ1) is 10.8. The SMILES string of the molecule is CC(C)[C@H](N)C(=O)NCCS. The van der Waals surface area contributed by atoms with Crippen LogP contribution >= 0.6 is 12.6 Å². The maximum absolute atomic E-state index is 11.1. The summed E-state index contributed by atoms with van der Waals surface area (Å²) in [5, 5.41) is 2.67. The smallest absolute Gasteiger partial charge is 0.237 e. The molecule has 0 radical (unpaired) electrons. The molecule has 1 amide bonds. The zero-order valence-corrected chi connectivity index (χ0v) is 7.90. The van der Waals surface area contributed by atoms with Gasteiger partial charge in [-0.1, -0.05) is 13.8 Å². The van der Waals surface area contributed by atoms with Crippen LogP contribution in [0.2, 0.25) is 0 Å². The molecular formula is C7H16N2OS. The highest BCUT2D eigenvalue weighted by Crippen LogP contribution is 1.97. The van der Waals surface area contributed by atoms with Crippen LogP contribution in [0.4, 0.5) is 0 Å². The molecule has 0 rings (SSSR count). The molecule has 0 unspecified atom stereocenters. The molecule has 4 heteroatoms. The van der Waals surface area contributed by atoms with Crippen molar-refractivity contribution in [3.8, 4) is 0 Å². The monoisotopic (exact) mass is 176 g/mol. The zero-order valence-electron chi connectivity index (χ0n) is 7.00. The number of hydrogen-bond acceptors (Lipinski definition) is 3. The lowest BCUT2D eigenvalue weighted by Gasteiger charge is -2.14. The molecule has 3 N–H and O–H groups in total. The quantitative estimate of drug-likeness (QED) is 0.529. The summed E-state index contributed by atoms with van der Waals surface area (Å²) >= 11 is 3.96. The Bertz CT molecular complexity index is 128. The number of amides is 1. The van der Waals surface area contributed by atoms with E-state index in [1.807, 2.05) is 13.8 Å². The predicted octanol–water partition coefficient (Wildman–Crippen LogP) is 0.0157. The molecule has 0 aliphatic heterocycles. The fraction of sp³-hybridized carbons (Fsp3) is 0.857. The van der Waals surface area contributed by atoms with Crippen LogP contribution in [0.15, 0.2) is 0 Å². The van der Waals surface area contributed by atoms with E-state index in [4.69, 9.17) is 5.73 Å². The highest BCUT2D eigenvalue weighted by Gasteiger charge is 2.15. The van der Waals surface area contributed by atoms with Gasteiger partial charge in [-0.15, -0.1) is 0 Å². The van der Waals surface area contributed by atoms with Crippen molar-refractivity contribution in [2.24, 2.45) is 11.7 Å². The summed E-state index contributed by atoms with van der Waals surface area (Å²) in [7, 11) is 0. The lowest BCUT2D eigenvalue weighted by molar-refractivity contribution is -0.123. The fourth-order valence-electron chi connectivity index (χ4n) is 0.600. The summed E-state index contributed by atoms with van der Waals surface area (Å²) in [5.41, 5.74) is 5.56. The molecule has 66 valence electrons. The van der Waals surface area contributed by atoms with Gasteiger partial charge in [-0.05, 0) is 5.92 Å². The van der Waals surface area contributed by atoms with E-state index in [1.54, 1.807) is 0 Å². The third kappa shape index (κ3) is 4.27. The number of carbonyl (C=O) groups is 1. The lowest BCUT2D eigenvalue weighted by atomic mass is 10.1. The van der Waals surface area contributed by atoms with Crippen LogP contribution in [0.25, 0.3) is 0 Å². The van der Waals surface area contributed by atoms with E-state index in [-0.39, 0.29) is 11.8 Å². The van der Waals surface area contributed by atoms with Crippen molar-refractivity contribution in [1.29, 1.82) is 0 Å². The van der Waals surface area contributed by atoms with Crippen molar-refractivity contribution in [2.45, 2.75) is 19.9 Å². The van der Waals surface area contributed by atoms with Crippen molar-refractivity contribution in [3.05, 3.63) is 0 Å². The Morgan fingerprint density at radius 3 is 2.55 bits per heavy atom. The maximum Gasteiger partial charge on any atom is 0.237 e. The molecule has 0 aliphatic rings. The van der Waals surface area contributed by atoms with Crippen LogP contribution in [-0.2, 0) is 4.79 Å². The first-order valence-electron chi connectivity index (χ1n) is 3.73. The Balaban J connectivity index is 3.64. The Labute approximate surface area is 73.1 Å². The molecule has 0 aromatic rings. The largest absolute Gasteiger partial charge is 0.354 e. The zero-order chi connectivity index (χ0) is 8.85. The number of rotatable bonds is 4. The van der Waals surface area contributed by atoms with Gasteiger partial charge in [-0.3, -0.25) is 4.79 Å². The highest BCUT2D eigenvalue weighted by atomic mass is 32.1. The highest BCUT2D eigenvalue weighted by molar-refractivity contribution is 7.80. The van der Waals surface area contributed by atoms with Crippen molar-refractivity contribution in [1.82, 2.24) is 5.32 Å². The van der Waals surface area contributed by atoms with Crippen LogP contribution in [0.3, 0.4) is 0 Å². The summed E-state index contributed by atoms with van der Waals surface area (Å²) < 4.78 is 0. The molecule has 3 nitrogen and oxygen atoms in total. The molecule has 0 aromatic carbocycles. The van der Waals surface area contributed by atoms with Gasteiger partial charge >= 0.3 is 0 Å². The normalized spacial score (nSPS) is 13.2. The van der Waals surface area contributed by atoms with Gasteiger partial charge in [-0.25, -0.2) is 0 Å². The van der Waals surface area contributed by atoms with Crippen LogP contribution < -0.4 is 11.1 Å². The minimum atomic E-state index is -0.394. The molecule has 0 fully saturated rings. The van der Waals surface area contributed by atoms with Crippen LogP contribution in [-0.4, -0.2) is 24.2 Å². The molecule has 0 bridgehead atoms. The maximum atomic E-state index is 11.1. The number of thiol groups is 1. The molecule has 0 aliphatic carbocycles. The average Bonchev–Trinajstić information content (AvgIpc) is 1.98. The predicted molar refractivity (Wildman–Crippen MR) is 49.7 cm³/mol. The van der Waals surface area contributed by atoms with Crippen molar-refractivity contribution < 1.29 is 4.79 Å². The van der Waals surface area contributed by atoms with E-state index in [1.165, 1.54) is 0 Å². The standard InChI is InChI=1S/C7H16N2OS/c1-5(2)6(8)7(10)9-3-4-11/h5-6,11H,3-4,8H2,1-2H3,(H,9,10)/t6-/m0/s1. The van der Waals surface area contributed by atoms with Gasteiger partial charge in [0.2, 0.25) is 5.91 Å². The summed E-state index contributed by atoms with van der Waals surface area (Å²) in [6.45, 7) is 4.43. The van der Waals surface area contributed by atoms with Gasteiger partial charge in [0.1, 0.15) is 0 Å². The van der Waals surface area contributed by atoms with Crippen molar-refractivity contribution >= 4 is 18.5 Å².